The Balaban J connectivity index is 1.94. The van der Waals surface area contributed by atoms with Crippen LogP contribution in [0.15, 0.2) is 33.5 Å². The van der Waals surface area contributed by atoms with Gasteiger partial charge in [0.1, 0.15) is 5.82 Å². The second-order valence-corrected chi connectivity index (χ2v) is 8.50. The van der Waals surface area contributed by atoms with Gasteiger partial charge in [-0.25, -0.2) is 9.07 Å². The van der Waals surface area contributed by atoms with E-state index in [0.29, 0.717) is 33.8 Å². The largest absolute Gasteiger partial charge is 0.345 e. The number of carbonyl (C=O) groups excluding carboxylic acids is 1. The van der Waals surface area contributed by atoms with Crippen molar-refractivity contribution in [3.63, 3.8) is 0 Å². The standard InChI is InChI=1S/C22H27BrFN3O2/c1-4-11-25-27-14(3)19(13(2)20(23)22(27)29)21(28)26-18(12-15-5-6-15)16-7-9-17(24)10-8-16/h7-10,15,18,25H,4-6,11-12H2,1-3H3,(H,26,28). The maximum absolute atomic E-state index is 13.4. The summed E-state index contributed by atoms with van der Waals surface area (Å²) in [7, 11) is 0. The second kappa shape index (κ2) is 9.11. The molecule has 2 N–H and O–H groups in total. The summed E-state index contributed by atoms with van der Waals surface area (Å²) >= 11 is 3.35. The maximum Gasteiger partial charge on any atom is 0.283 e. The molecular formula is C22H27BrFN3O2. The Bertz CT molecular complexity index is 952. The summed E-state index contributed by atoms with van der Waals surface area (Å²) < 4.78 is 15.2. The van der Waals surface area contributed by atoms with Gasteiger partial charge in [-0.05, 0) is 71.8 Å². The van der Waals surface area contributed by atoms with Crippen LogP contribution in [0.1, 0.15) is 65.8 Å². The molecule has 1 aliphatic rings. The van der Waals surface area contributed by atoms with Crippen LogP contribution in [0.5, 0.6) is 0 Å². The average molecular weight is 464 g/mol. The smallest absolute Gasteiger partial charge is 0.283 e. The molecule has 1 aromatic heterocycles. The van der Waals surface area contributed by atoms with Crippen molar-refractivity contribution in [2.45, 2.75) is 52.5 Å². The van der Waals surface area contributed by atoms with E-state index >= 15 is 0 Å². The van der Waals surface area contributed by atoms with Crippen LogP contribution < -0.4 is 16.3 Å². The van der Waals surface area contributed by atoms with Gasteiger partial charge in [-0.1, -0.05) is 31.9 Å². The lowest BCUT2D eigenvalue weighted by atomic mass is 9.99. The number of amides is 1. The SMILES string of the molecule is CCCNn1c(C)c(C(=O)NC(CC2CC2)c2ccc(F)cc2)c(C)c(Br)c1=O. The Morgan fingerprint density at radius 2 is 1.93 bits per heavy atom. The molecule has 0 bridgehead atoms. The third kappa shape index (κ3) is 4.89. The molecule has 0 spiro atoms. The highest BCUT2D eigenvalue weighted by molar-refractivity contribution is 9.10. The number of nitrogens with zero attached hydrogens (tertiary/aromatic N) is 1. The topological polar surface area (TPSA) is 63.1 Å². The number of benzene rings is 1. The lowest BCUT2D eigenvalue weighted by molar-refractivity contribution is 0.0931. The zero-order valence-electron chi connectivity index (χ0n) is 17.0. The molecule has 0 saturated heterocycles. The van der Waals surface area contributed by atoms with Crippen molar-refractivity contribution in [1.82, 2.24) is 9.99 Å². The number of rotatable bonds is 8. The molecule has 1 atom stereocenters. The van der Waals surface area contributed by atoms with E-state index in [1.54, 1.807) is 26.0 Å². The molecule has 1 unspecified atom stereocenters. The van der Waals surface area contributed by atoms with Crippen LogP contribution >= 0.6 is 15.9 Å². The fraction of sp³-hybridized carbons (Fsp3) is 0.455. The summed E-state index contributed by atoms with van der Waals surface area (Å²) in [4.78, 5) is 25.9. The molecule has 7 heteroatoms. The number of hydrogen-bond acceptors (Lipinski definition) is 3. The average Bonchev–Trinajstić information content (AvgIpc) is 3.51. The van der Waals surface area contributed by atoms with E-state index in [1.165, 1.54) is 16.8 Å². The number of carbonyl (C=O) groups is 1. The van der Waals surface area contributed by atoms with Crippen molar-refractivity contribution in [3.8, 4) is 0 Å². The Morgan fingerprint density at radius 3 is 2.52 bits per heavy atom. The van der Waals surface area contributed by atoms with E-state index in [0.717, 1.165) is 31.2 Å². The van der Waals surface area contributed by atoms with Crippen LogP contribution in [0.3, 0.4) is 0 Å². The third-order valence-corrected chi connectivity index (χ3v) is 6.32. The lowest BCUT2D eigenvalue weighted by Gasteiger charge is -2.23. The summed E-state index contributed by atoms with van der Waals surface area (Å²) in [6.07, 6.45) is 3.99. The number of hydrogen-bond donors (Lipinski definition) is 2. The van der Waals surface area contributed by atoms with Crippen LogP contribution in [0.25, 0.3) is 0 Å². The van der Waals surface area contributed by atoms with Gasteiger partial charge in [0.05, 0.1) is 21.8 Å². The molecule has 1 heterocycles. The minimum Gasteiger partial charge on any atom is -0.345 e. The molecule has 1 aliphatic carbocycles. The monoisotopic (exact) mass is 463 g/mol. The fourth-order valence-electron chi connectivity index (χ4n) is 3.54. The quantitative estimate of drug-likeness (QED) is 0.601. The van der Waals surface area contributed by atoms with Crippen LogP contribution in [0.2, 0.25) is 0 Å². The molecule has 5 nitrogen and oxygen atoms in total. The molecule has 0 radical (unpaired) electrons. The first kappa shape index (κ1) is 21.6. The number of pyridine rings is 1. The van der Waals surface area contributed by atoms with Gasteiger partial charge in [-0.3, -0.25) is 9.59 Å². The number of aromatic nitrogens is 1. The van der Waals surface area contributed by atoms with Crippen molar-refractivity contribution in [2.24, 2.45) is 5.92 Å². The van der Waals surface area contributed by atoms with E-state index in [4.69, 9.17) is 0 Å². The predicted octanol–water partition coefficient (Wildman–Crippen LogP) is 4.59. The van der Waals surface area contributed by atoms with Crippen molar-refractivity contribution in [1.29, 1.82) is 0 Å². The summed E-state index contributed by atoms with van der Waals surface area (Å²) in [5.74, 6) is 0.0529. The summed E-state index contributed by atoms with van der Waals surface area (Å²) in [6, 6.07) is 6.09. The van der Waals surface area contributed by atoms with Crippen LogP contribution in [0.4, 0.5) is 4.39 Å². The molecule has 2 aromatic rings. The third-order valence-electron chi connectivity index (χ3n) is 5.38. The molecule has 3 rings (SSSR count). The van der Waals surface area contributed by atoms with E-state index in [-0.39, 0.29) is 23.3 Å². The van der Waals surface area contributed by atoms with Gasteiger partial charge in [0.2, 0.25) is 0 Å². The fourth-order valence-corrected chi connectivity index (χ4v) is 3.92. The highest BCUT2D eigenvalue weighted by atomic mass is 79.9. The van der Waals surface area contributed by atoms with Crippen molar-refractivity contribution in [3.05, 3.63) is 67.3 Å². The summed E-state index contributed by atoms with van der Waals surface area (Å²) in [5.41, 5.74) is 5.42. The molecule has 1 amide bonds. The molecule has 1 saturated carbocycles. The first-order chi connectivity index (χ1) is 13.8. The molecular weight excluding hydrogens is 437 g/mol. The van der Waals surface area contributed by atoms with Crippen molar-refractivity contribution < 1.29 is 9.18 Å². The molecule has 1 aromatic carbocycles. The van der Waals surface area contributed by atoms with Gasteiger partial charge < -0.3 is 10.7 Å². The van der Waals surface area contributed by atoms with E-state index in [9.17, 15) is 14.0 Å². The molecule has 1 fully saturated rings. The van der Waals surface area contributed by atoms with Crippen LogP contribution in [0, 0.1) is 25.6 Å². The first-order valence-corrected chi connectivity index (χ1v) is 10.8. The normalized spacial score (nSPS) is 14.5. The number of nitrogens with one attached hydrogen (secondary N) is 2. The van der Waals surface area contributed by atoms with Gasteiger partial charge in [0.15, 0.2) is 0 Å². The Hall–Kier alpha value is -2.15. The molecule has 156 valence electrons. The maximum atomic E-state index is 13.4. The van der Waals surface area contributed by atoms with E-state index in [2.05, 4.69) is 26.7 Å². The Kier molecular flexibility index (Phi) is 6.77. The van der Waals surface area contributed by atoms with Gasteiger partial charge in [-0.2, -0.15) is 0 Å². The van der Waals surface area contributed by atoms with Crippen molar-refractivity contribution >= 4 is 21.8 Å². The van der Waals surface area contributed by atoms with Crippen LogP contribution in [-0.2, 0) is 0 Å². The second-order valence-electron chi connectivity index (χ2n) is 7.70. The predicted molar refractivity (Wildman–Crippen MR) is 116 cm³/mol. The van der Waals surface area contributed by atoms with Gasteiger partial charge in [0.25, 0.3) is 11.5 Å². The first-order valence-electron chi connectivity index (χ1n) is 10.0. The Labute approximate surface area is 178 Å². The van der Waals surface area contributed by atoms with Gasteiger partial charge in [0, 0.05) is 6.54 Å². The number of halogens is 2. The summed E-state index contributed by atoms with van der Waals surface area (Å²) in [5, 5.41) is 3.13. The van der Waals surface area contributed by atoms with Gasteiger partial charge >= 0.3 is 0 Å². The zero-order chi connectivity index (χ0) is 21.1. The Morgan fingerprint density at radius 1 is 1.28 bits per heavy atom. The summed E-state index contributed by atoms with van der Waals surface area (Å²) in [6.45, 7) is 6.17. The van der Waals surface area contributed by atoms with Crippen LogP contribution in [-0.4, -0.2) is 17.1 Å². The molecule has 0 aliphatic heterocycles. The lowest BCUT2D eigenvalue weighted by Crippen LogP contribution is -2.37. The van der Waals surface area contributed by atoms with Crippen molar-refractivity contribution in [2.75, 3.05) is 12.0 Å². The molecule has 29 heavy (non-hydrogen) atoms. The van der Waals surface area contributed by atoms with E-state index < -0.39 is 0 Å². The zero-order valence-corrected chi connectivity index (χ0v) is 18.6. The highest BCUT2D eigenvalue weighted by Crippen LogP contribution is 2.38. The van der Waals surface area contributed by atoms with E-state index in [1.807, 2.05) is 6.92 Å². The minimum absolute atomic E-state index is 0.197. The highest BCUT2D eigenvalue weighted by Gasteiger charge is 2.29. The minimum atomic E-state index is -0.296. The van der Waals surface area contributed by atoms with Gasteiger partial charge in [-0.15, -0.1) is 0 Å².